The average molecular weight is 689 g/mol. The van der Waals surface area contributed by atoms with Crippen LogP contribution >= 0.6 is 11.3 Å². The fourth-order valence-corrected chi connectivity index (χ4v) is 8.06. The molecule has 5 aromatic rings. The van der Waals surface area contributed by atoms with E-state index in [9.17, 15) is 14.9 Å². The van der Waals surface area contributed by atoms with Crippen LogP contribution in [-0.2, 0) is 9.59 Å². The van der Waals surface area contributed by atoms with E-state index in [0.29, 0.717) is 35.7 Å². The smallest absolute Gasteiger partial charge is 0.234 e. The first kappa shape index (κ1) is 31.8. The number of hydrogen-bond acceptors (Lipinski definition) is 13. The Morgan fingerprint density at radius 2 is 1.76 bits per heavy atom. The lowest BCUT2D eigenvalue weighted by Crippen LogP contribution is -2.49. The summed E-state index contributed by atoms with van der Waals surface area (Å²) in [5, 5.41) is 26.6. The molecular weight excluding hydrogens is 653 g/mol. The quantitative estimate of drug-likeness (QED) is 0.239. The van der Waals surface area contributed by atoms with E-state index in [-0.39, 0.29) is 17.7 Å². The Labute approximate surface area is 292 Å². The normalized spacial score (nSPS) is 19.1. The molecule has 3 fully saturated rings. The molecule has 3 aliphatic rings. The lowest BCUT2D eigenvalue weighted by Gasteiger charge is -2.39. The molecule has 0 saturated carbocycles. The number of nitrogens with one attached hydrogen (secondary N) is 1. The zero-order chi connectivity index (χ0) is 34.2. The van der Waals surface area contributed by atoms with Crippen LogP contribution in [-0.4, -0.2) is 92.3 Å². The van der Waals surface area contributed by atoms with E-state index in [4.69, 9.17) is 5.73 Å². The van der Waals surface area contributed by atoms with Gasteiger partial charge in [-0.2, -0.15) is 10.4 Å². The number of imide groups is 1. The number of piperidine rings is 2. The average Bonchev–Trinajstić information content (AvgIpc) is 3.80. The molecule has 50 heavy (non-hydrogen) atoms. The molecule has 254 valence electrons. The molecule has 0 radical (unpaired) electrons. The van der Waals surface area contributed by atoms with Gasteiger partial charge in [-0.3, -0.25) is 24.8 Å². The van der Waals surface area contributed by atoms with E-state index in [2.05, 4.69) is 51.3 Å². The van der Waals surface area contributed by atoms with Crippen LogP contribution in [0.5, 0.6) is 0 Å². The highest BCUT2D eigenvalue weighted by Gasteiger charge is 2.29. The number of amides is 2. The highest BCUT2D eigenvalue weighted by Crippen LogP contribution is 2.34. The predicted molar refractivity (Wildman–Crippen MR) is 189 cm³/mol. The minimum atomic E-state index is -0.305. The van der Waals surface area contributed by atoms with E-state index in [1.807, 2.05) is 30.3 Å². The van der Waals surface area contributed by atoms with Crippen LogP contribution in [0, 0.1) is 17.2 Å². The Bertz CT molecular complexity index is 2090. The van der Waals surface area contributed by atoms with Crippen molar-refractivity contribution in [1.29, 1.82) is 5.26 Å². The van der Waals surface area contributed by atoms with Crippen molar-refractivity contribution in [2.45, 2.75) is 31.6 Å². The molecule has 1 atom stereocenters. The SMILES string of the molecule is N#Cc1cnn2c(-c3cc(N)c(-c4nnc(N5CCN(CC6CCN(c7ccc([C@@H]8CCC(=O)NC8=O)cn7)CC6)CC5)s4)cn3)ccc2c1. The van der Waals surface area contributed by atoms with E-state index in [1.54, 1.807) is 23.0 Å². The van der Waals surface area contributed by atoms with Crippen LogP contribution in [0.15, 0.2) is 55.0 Å². The lowest BCUT2D eigenvalue weighted by atomic mass is 9.91. The maximum absolute atomic E-state index is 12.2. The van der Waals surface area contributed by atoms with Gasteiger partial charge in [-0.05, 0) is 61.1 Å². The highest BCUT2D eigenvalue weighted by atomic mass is 32.1. The molecule has 8 heterocycles. The minimum Gasteiger partial charge on any atom is -0.398 e. The molecular formula is C35H36N12O2S. The van der Waals surface area contributed by atoms with Gasteiger partial charge < -0.3 is 15.5 Å². The predicted octanol–water partition coefficient (Wildman–Crippen LogP) is 3.32. The van der Waals surface area contributed by atoms with Crippen molar-refractivity contribution in [1.82, 2.24) is 40.0 Å². The van der Waals surface area contributed by atoms with Crippen molar-refractivity contribution in [3.05, 3.63) is 66.1 Å². The number of nitrogens with zero attached hydrogens (tertiary/aromatic N) is 10. The van der Waals surface area contributed by atoms with E-state index >= 15 is 0 Å². The maximum Gasteiger partial charge on any atom is 0.234 e. The van der Waals surface area contributed by atoms with E-state index < -0.39 is 0 Å². The second-order valence-electron chi connectivity index (χ2n) is 13.1. The van der Waals surface area contributed by atoms with Gasteiger partial charge in [-0.15, -0.1) is 10.2 Å². The Balaban J connectivity index is 0.822. The van der Waals surface area contributed by atoms with Crippen LogP contribution < -0.4 is 20.9 Å². The number of piperazine rings is 1. The zero-order valence-electron chi connectivity index (χ0n) is 27.4. The molecule has 0 aliphatic carbocycles. The summed E-state index contributed by atoms with van der Waals surface area (Å²) in [7, 11) is 0. The van der Waals surface area contributed by atoms with Crippen LogP contribution in [0.1, 0.15) is 42.7 Å². The fraction of sp³-hybridized carbons (Fsp3) is 0.371. The number of anilines is 3. The Morgan fingerprint density at radius 1 is 0.920 bits per heavy atom. The molecule has 3 aliphatic heterocycles. The molecule has 3 N–H and O–H groups in total. The lowest BCUT2D eigenvalue weighted by molar-refractivity contribution is -0.134. The number of carbonyl (C=O) groups is 2. The highest BCUT2D eigenvalue weighted by molar-refractivity contribution is 7.18. The summed E-state index contributed by atoms with van der Waals surface area (Å²) in [5.74, 6) is 0.854. The number of nitrogens with two attached hydrogens (primary N) is 1. The minimum absolute atomic E-state index is 0.200. The number of hydrogen-bond donors (Lipinski definition) is 2. The largest absolute Gasteiger partial charge is 0.398 e. The van der Waals surface area contributed by atoms with Gasteiger partial charge in [0.2, 0.25) is 16.9 Å². The third-order valence-corrected chi connectivity index (χ3v) is 11.0. The summed E-state index contributed by atoms with van der Waals surface area (Å²) in [6, 6.07) is 13.5. The van der Waals surface area contributed by atoms with Gasteiger partial charge in [-0.25, -0.2) is 9.50 Å². The van der Waals surface area contributed by atoms with Crippen molar-refractivity contribution in [2.24, 2.45) is 5.92 Å². The van der Waals surface area contributed by atoms with Crippen molar-refractivity contribution in [3.63, 3.8) is 0 Å². The molecule has 14 nitrogen and oxygen atoms in total. The summed E-state index contributed by atoms with van der Waals surface area (Å²) in [5.41, 5.74) is 11.5. The summed E-state index contributed by atoms with van der Waals surface area (Å²) in [6.07, 6.45) is 8.21. The molecule has 15 heteroatoms. The van der Waals surface area contributed by atoms with Crippen molar-refractivity contribution in [3.8, 4) is 28.0 Å². The molecule has 5 aromatic heterocycles. The Kier molecular flexibility index (Phi) is 8.55. The van der Waals surface area contributed by atoms with E-state index in [1.165, 1.54) is 17.5 Å². The van der Waals surface area contributed by atoms with Gasteiger partial charge in [0.1, 0.15) is 11.9 Å². The zero-order valence-corrected chi connectivity index (χ0v) is 28.2. The summed E-state index contributed by atoms with van der Waals surface area (Å²) in [6.45, 7) is 6.76. The number of aromatic nitrogens is 6. The number of carbonyl (C=O) groups excluding carboxylic acids is 2. The standard InChI is InChI=1S/C35H36N12O2S/c36-17-23-15-25-2-4-30(47(25)40-18-23)29-16-28(37)27(20-38-29)34-42-43-35(50-34)46-13-11-44(12-14-46)21-22-7-9-45(10-8-22)31-5-1-24(19-39-31)26-3-6-32(48)41-33(26)49/h1-2,4-5,15-16,18-20,22,26H,3,6-14,21H2,(H2,37,38)(H,41,48,49)/t26-/m0/s1. The van der Waals surface area contributed by atoms with Crippen molar-refractivity contribution < 1.29 is 9.59 Å². The number of nitriles is 1. The molecule has 8 rings (SSSR count). The number of rotatable bonds is 7. The van der Waals surface area contributed by atoms with Gasteiger partial charge in [0.25, 0.3) is 0 Å². The van der Waals surface area contributed by atoms with Crippen LogP contribution in [0.25, 0.3) is 27.5 Å². The fourth-order valence-electron chi connectivity index (χ4n) is 7.13. The van der Waals surface area contributed by atoms with Crippen molar-refractivity contribution in [2.75, 3.05) is 61.3 Å². The molecule has 3 saturated heterocycles. The first-order chi connectivity index (χ1) is 24.4. The monoisotopic (exact) mass is 688 g/mol. The van der Waals surface area contributed by atoms with Crippen LogP contribution in [0.4, 0.5) is 16.6 Å². The number of nitrogen functional groups attached to an aromatic ring is 1. The number of fused-ring (bicyclic) bond motifs is 1. The third-order valence-electron chi connectivity index (χ3n) is 9.98. The van der Waals surface area contributed by atoms with E-state index in [0.717, 1.165) is 96.9 Å². The Hall–Kier alpha value is -5.46. The van der Waals surface area contributed by atoms with Crippen LogP contribution in [0.3, 0.4) is 0 Å². The summed E-state index contributed by atoms with van der Waals surface area (Å²) < 4.78 is 1.75. The van der Waals surface area contributed by atoms with Gasteiger partial charge in [0.15, 0.2) is 5.01 Å². The molecule has 0 bridgehead atoms. The summed E-state index contributed by atoms with van der Waals surface area (Å²) >= 11 is 1.53. The second-order valence-corrected chi connectivity index (χ2v) is 14.1. The summed E-state index contributed by atoms with van der Waals surface area (Å²) in [4.78, 5) is 40.3. The molecule has 2 amide bonds. The first-order valence-electron chi connectivity index (χ1n) is 16.9. The molecule has 0 unspecified atom stereocenters. The topological polar surface area (TPSA) is 175 Å². The van der Waals surface area contributed by atoms with Gasteiger partial charge in [0.05, 0.1) is 40.1 Å². The van der Waals surface area contributed by atoms with Gasteiger partial charge >= 0.3 is 0 Å². The van der Waals surface area contributed by atoms with Gasteiger partial charge in [-0.1, -0.05) is 17.4 Å². The maximum atomic E-state index is 12.2. The third kappa shape index (κ3) is 6.35. The van der Waals surface area contributed by atoms with Gasteiger partial charge in [0, 0.05) is 70.3 Å². The molecule has 0 spiro atoms. The first-order valence-corrected chi connectivity index (χ1v) is 17.7. The number of pyridine rings is 2. The second kappa shape index (κ2) is 13.4. The molecule has 0 aromatic carbocycles. The Morgan fingerprint density at radius 3 is 2.50 bits per heavy atom. The van der Waals surface area contributed by atoms with Crippen LogP contribution in [0.2, 0.25) is 0 Å². The van der Waals surface area contributed by atoms with Crippen molar-refractivity contribution >= 4 is 45.3 Å².